The van der Waals surface area contributed by atoms with Crippen LogP contribution in [-0.4, -0.2) is 83.2 Å². The summed E-state index contributed by atoms with van der Waals surface area (Å²) in [6.07, 6.45) is 31.7. The molecule has 0 aromatic rings. The molecule has 2 atom stereocenters. The molecule has 0 spiro atoms. The summed E-state index contributed by atoms with van der Waals surface area (Å²) in [6.45, 7) is 4.47. The van der Waals surface area contributed by atoms with E-state index in [0.29, 0.717) is 0 Å². The molecule has 0 aromatic carbocycles. The Morgan fingerprint density at radius 1 is 0.419 bits per heavy atom. The Bertz CT molecular complexity index is 512. The number of rotatable bonds is 32. The Morgan fingerprint density at radius 3 is 0.860 bits per heavy atom. The van der Waals surface area contributed by atoms with Gasteiger partial charge in [0, 0.05) is 11.9 Å². The first-order chi connectivity index (χ1) is 20.3. The van der Waals surface area contributed by atoms with Gasteiger partial charge in [-0.15, -0.1) is 0 Å². The van der Waals surface area contributed by atoms with Crippen LogP contribution in [0, 0.1) is 0 Å². The van der Waals surface area contributed by atoms with E-state index in [9.17, 15) is 30.0 Å². The fourth-order valence-corrected chi connectivity index (χ4v) is 5.32. The molecule has 0 bridgehead atoms. The van der Waals surface area contributed by atoms with Crippen LogP contribution in [0.2, 0.25) is 0 Å². The van der Waals surface area contributed by atoms with Crippen LogP contribution in [0.15, 0.2) is 0 Å². The molecule has 0 radical (unpaired) electrons. The summed E-state index contributed by atoms with van der Waals surface area (Å²) < 4.78 is 0. The van der Waals surface area contributed by atoms with Gasteiger partial charge in [0.2, 0.25) is 0 Å². The van der Waals surface area contributed by atoms with E-state index in [4.69, 9.17) is 0 Å². The molecule has 6 nitrogen and oxygen atoms in total. The van der Waals surface area contributed by atoms with Crippen molar-refractivity contribution < 1.29 is 30.0 Å². The van der Waals surface area contributed by atoms with Gasteiger partial charge in [-0.3, -0.25) is 0 Å². The SMILES string of the molecule is CCCCCCCCCC(O)CCCCCCCC(=O)[O-].CCCCCCCCCC(O)CCCCCCCC(=O)[O-].[Ba+2]. The van der Waals surface area contributed by atoms with E-state index in [1.807, 2.05) is 0 Å². The number of aliphatic hydroxyl groups excluding tert-OH is 2. The Kier molecular flexibility index (Phi) is 45.0. The summed E-state index contributed by atoms with van der Waals surface area (Å²) in [5.41, 5.74) is 0. The maximum absolute atomic E-state index is 10.2. The molecule has 7 heteroatoms. The monoisotopic (exact) mass is 736 g/mol. The van der Waals surface area contributed by atoms with Crippen molar-refractivity contribution in [2.45, 2.75) is 219 Å². The first-order valence-electron chi connectivity index (χ1n) is 18.1. The quantitative estimate of drug-likeness (QED) is 0.0544. The minimum Gasteiger partial charge on any atom is -0.550 e. The molecule has 0 saturated heterocycles. The Morgan fingerprint density at radius 2 is 0.628 bits per heavy atom. The molecule has 0 aliphatic rings. The molecule has 0 rings (SSSR count). The standard InChI is InChI=1S/2C18H36O3.Ba/c2*1-2-3-4-5-6-8-11-14-17(19)15-12-9-7-10-13-16-18(20)21;/h2*17,19H,2-16H2,1H3,(H,20,21);/q;;+2/p-2. The van der Waals surface area contributed by atoms with E-state index in [1.165, 1.54) is 77.0 Å². The van der Waals surface area contributed by atoms with E-state index in [-0.39, 0.29) is 73.9 Å². The molecule has 43 heavy (non-hydrogen) atoms. The Hall–Kier alpha value is 0.431. The summed E-state index contributed by atoms with van der Waals surface area (Å²) in [7, 11) is 0. The van der Waals surface area contributed by atoms with Gasteiger partial charge in [0.1, 0.15) is 0 Å². The average molecular weight is 736 g/mol. The Labute approximate surface area is 307 Å². The van der Waals surface area contributed by atoms with Gasteiger partial charge in [-0.2, -0.15) is 0 Å². The van der Waals surface area contributed by atoms with Crippen LogP contribution in [0.25, 0.3) is 0 Å². The van der Waals surface area contributed by atoms with Crippen molar-refractivity contribution in [1.29, 1.82) is 0 Å². The molecule has 0 saturated carbocycles. The minimum atomic E-state index is -0.944. The van der Waals surface area contributed by atoms with Crippen molar-refractivity contribution in [3.8, 4) is 0 Å². The number of hydrogen-bond donors (Lipinski definition) is 2. The molecule has 2 N–H and O–H groups in total. The second kappa shape index (κ2) is 40.5. The molecule has 0 fully saturated rings. The van der Waals surface area contributed by atoms with Crippen LogP contribution >= 0.6 is 0 Å². The number of unbranched alkanes of at least 4 members (excludes halogenated alkanes) is 20. The predicted octanol–water partition coefficient (Wildman–Crippen LogP) is 7.56. The molecule has 0 aliphatic carbocycles. The average Bonchev–Trinajstić information content (AvgIpc) is 2.95. The molecular formula is C36H70BaO6. The van der Waals surface area contributed by atoms with Crippen LogP contribution in [0.1, 0.15) is 206 Å². The van der Waals surface area contributed by atoms with Gasteiger partial charge in [-0.05, 0) is 51.4 Å². The van der Waals surface area contributed by atoms with E-state index >= 15 is 0 Å². The fraction of sp³-hybridized carbons (Fsp3) is 0.944. The first-order valence-corrected chi connectivity index (χ1v) is 18.1. The second-order valence-electron chi connectivity index (χ2n) is 12.5. The molecule has 0 aromatic heterocycles. The van der Waals surface area contributed by atoms with Gasteiger partial charge in [0.15, 0.2) is 0 Å². The normalized spacial score (nSPS) is 12.2. The van der Waals surface area contributed by atoms with Crippen molar-refractivity contribution in [3.05, 3.63) is 0 Å². The van der Waals surface area contributed by atoms with Crippen molar-refractivity contribution in [2.24, 2.45) is 0 Å². The van der Waals surface area contributed by atoms with Crippen LogP contribution < -0.4 is 10.2 Å². The Balaban J connectivity index is -0.000000727. The number of carboxylic acids is 2. The smallest absolute Gasteiger partial charge is 0.550 e. The number of hydrogen-bond acceptors (Lipinski definition) is 6. The third kappa shape index (κ3) is 47.0. The summed E-state index contributed by atoms with van der Waals surface area (Å²) in [5.74, 6) is -1.89. The topological polar surface area (TPSA) is 121 Å². The minimum absolute atomic E-state index is 0. The summed E-state index contributed by atoms with van der Waals surface area (Å²) >= 11 is 0. The molecule has 0 heterocycles. The second-order valence-corrected chi connectivity index (χ2v) is 12.5. The number of carbonyl (C=O) groups excluding carboxylic acids is 2. The van der Waals surface area contributed by atoms with Crippen molar-refractivity contribution >= 4 is 60.8 Å². The zero-order valence-electron chi connectivity index (χ0n) is 28.6. The third-order valence-corrected chi connectivity index (χ3v) is 8.12. The molecule has 0 amide bonds. The first kappa shape index (κ1) is 47.8. The summed E-state index contributed by atoms with van der Waals surface area (Å²) in [6, 6.07) is 0. The van der Waals surface area contributed by atoms with Crippen LogP contribution in [0.5, 0.6) is 0 Å². The third-order valence-electron chi connectivity index (χ3n) is 8.12. The van der Waals surface area contributed by atoms with Crippen LogP contribution in [-0.2, 0) is 9.59 Å². The molecule has 252 valence electrons. The maximum atomic E-state index is 10.2. The van der Waals surface area contributed by atoms with Crippen molar-refractivity contribution in [3.63, 3.8) is 0 Å². The van der Waals surface area contributed by atoms with E-state index < -0.39 is 11.9 Å². The maximum Gasteiger partial charge on any atom is 2.00 e. The zero-order valence-corrected chi connectivity index (χ0v) is 33.0. The van der Waals surface area contributed by atoms with E-state index in [0.717, 1.165) is 103 Å². The summed E-state index contributed by atoms with van der Waals surface area (Å²) in [5, 5.41) is 40.2. The summed E-state index contributed by atoms with van der Waals surface area (Å²) in [4.78, 5) is 20.5. The molecular weight excluding hydrogens is 666 g/mol. The fourth-order valence-electron chi connectivity index (χ4n) is 5.32. The molecule has 0 aliphatic heterocycles. The van der Waals surface area contributed by atoms with Gasteiger partial charge in [0.25, 0.3) is 0 Å². The number of carbonyl (C=O) groups is 2. The van der Waals surface area contributed by atoms with Gasteiger partial charge in [-0.1, -0.05) is 155 Å². The number of aliphatic hydroxyl groups is 2. The van der Waals surface area contributed by atoms with Crippen molar-refractivity contribution in [2.75, 3.05) is 0 Å². The van der Waals surface area contributed by atoms with Crippen molar-refractivity contribution in [1.82, 2.24) is 0 Å². The van der Waals surface area contributed by atoms with E-state index in [1.54, 1.807) is 0 Å². The van der Waals surface area contributed by atoms with Crippen LogP contribution in [0.3, 0.4) is 0 Å². The number of carboxylic acid groups (broad SMARTS) is 2. The largest absolute Gasteiger partial charge is 2.00 e. The molecule has 2 unspecified atom stereocenters. The van der Waals surface area contributed by atoms with Gasteiger partial charge >= 0.3 is 48.9 Å². The van der Waals surface area contributed by atoms with Gasteiger partial charge in [0.05, 0.1) is 12.2 Å². The number of aliphatic carboxylic acids is 2. The zero-order chi connectivity index (χ0) is 31.5. The van der Waals surface area contributed by atoms with Gasteiger partial charge in [-0.25, -0.2) is 0 Å². The predicted molar refractivity (Wildman–Crippen MR) is 178 cm³/mol. The van der Waals surface area contributed by atoms with Gasteiger partial charge < -0.3 is 30.0 Å². The van der Waals surface area contributed by atoms with Crippen LogP contribution in [0.4, 0.5) is 0 Å². The van der Waals surface area contributed by atoms with E-state index in [2.05, 4.69) is 13.8 Å².